The van der Waals surface area contributed by atoms with Crippen LogP contribution in [-0.2, 0) is 6.42 Å². The Hall–Kier alpha value is -3.08. The van der Waals surface area contributed by atoms with Gasteiger partial charge in [-0.15, -0.1) is 0 Å². The van der Waals surface area contributed by atoms with E-state index >= 15 is 0 Å². The number of phenols is 1. The molecule has 5 heteroatoms. The number of amides is 1. The van der Waals surface area contributed by atoms with Crippen molar-refractivity contribution in [1.29, 1.82) is 0 Å². The van der Waals surface area contributed by atoms with Crippen molar-refractivity contribution in [1.82, 2.24) is 14.9 Å². The molecule has 5 nitrogen and oxygen atoms in total. The standard InChI is InChI=1S/C20H17N3O2/c24-14-4-5-15-13(8-14)10-19-16(15)2-1-7-23(19)20(25)12-3-6-17-18(9-12)22-11-21-17/h2-6,8-9,11,19,24H,1,7,10H2,(H,21,22). The third kappa shape index (κ3) is 2.16. The number of carbonyl (C=O) groups is 1. The van der Waals surface area contributed by atoms with Gasteiger partial charge in [-0.3, -0.25) is 4.79 Å². The minimum atomic E-state index is 0.0455. The van der Waals surface area contributed by atoms with Crippen LogP contribution in [0.2, 0.25) is 0 Å². The van der Waals surface area contributed by atoms with E-state index in [0.29, 0.717) is 12.1 Å². The van der Waals surface area contributed by atoms with Crippen molar-refractivity contribution in [2.45, 2.75) is 18.9 Å². The summed E-state index contributed by atoms with van der Waals surface area (Å²) in [6.45, 7) is 0.716. The molecule has 2 N–H and O–H groups in total. The molecule has 25 heavy (non-hydrogen) atoms. The molecule has 1 aliphatic carbocycles. The van der Waals surface area contributed by atoms with Crippen molar-refractivity contribution in [2.75, 3.05) is 6.54 Å². The molecular formula is C20H17N3O2. The minimum absolute atomic E-state index is 0.0455. The van der Waals surface area contributed by atoms with Gasteiger partial charge in [0.15, 0.2) is 0 Å². The maximum atomic E-state index is 13.1. The molecule has 0 saturated heterocycles. The molecule has 0 bridgehead atoms. The van der Waals surface area contributed by atoms with Crippen molar-refractivity contribution in [3.05, 3.63) is 65.5 Å². The molecule has 1 aliphatic heterocycles. The summed E-state index contributed by atoms with van der Waals surface area (Å²) >= 11 is 0. The number of imidazole rings is 1. The summed E-state index contributed by atoms with van der Waals surface area (Å²) in [4.78, 5) is 22.4. The number of aromatic hydroxyl groups is 1. The maximum Gasteiger partial charge on any atom is 0.254 e. The predicted octanol–water partition coefficient (Wildman–Crippen LogP) is 3.12. The van der Waals surface area contributed by atoms with Crippen LogP contribution in [0.3, 0.4) is 0 Å². The molecule has 0 fully saturated rings. The highest BCUT2D eigenvalue weighted by Crippen LogP contribution is 2.40. The molecule has 2 aliphatic rings. The van der Waals surface area contributed by atoms with Crippen LogP contribution >= 0.6 is 0 Å². The molecule has 2 heterocycles. The molecule has 0 spiro atoms. The average molecular weight is 331 g/mol. The molecule has 1 amide bonds. The number of carbonyl (C=O) groups excluding carboxylic acids is 1. The molecule has 1 unspecified atom stereocenters. The summed E-state index contributed by atoms with van der Waals surface area (Å²) < 4.78 is 0. The zero-order valence-corrected chi connectivity index (χ0v) is 13.6. The molecule has 3 aromatic rings. The minimum Gasteiger partial charge on any atom is -0.508 e. The van der Waals surface area contributed by atoms with E-state index in [1.807, 2.05) is 35.2 Å². The van der Waals surface area contributed by atoms with Crippen LogP contribution in [0.1, 0.15) is 27.9 Å². The molecule has 5 rings (SSSR count). The topological polar surface area (TPSA) is 69.2 Å². The van der Waals surface area contributed by atoms with E-state index in [0.717, 1.165) is 35.0 Å². The van der Waals surface area contributed by atoms with Gasteiger partial charge >= 0.3 is 0 Å². The number of hydrogen-bond donors (Lipinski definition) is 2. The smallest absolute Gasteiger partial charge is 0.254 e. The SMILES string of the molecule is O=C(c1ccc2nc[nH]c2c1)N1CCC=C2c3ccc(O)cc3CC21. The Kier molecular flexibility index (Phi) is 2.98. The second-order valence-electron chi connectivity index (χ2n) is 6.64. The van der Waals surface area contributed by atoms with Gasteiger partial charge < -0.3 is 15.0 Å². The van der Waals surface area contributed by atoms with Gasteiger partial charge in [-0.25, -0.2) is 4.98 Å². The Morgan fingerprint density at radius 1 is 1.24 bits per heavy atom. The number of rotatable bonds is 1. The van der Waals surface area contributed by atoms with Gasteiger partial charge in [-0.05, 0) is 59.9 Å². The molecule has 0 radical (unpaired) electrons. The van der Waals surface area contributed by atoms with Crippen LogP contribution in [0.15, 0.2) is 48.8 Å². The molecule has 0 saturated carbocycles. The fourth-order valence-electron chi connectivity index (χ4n) is 4.04. The summed E-state index contributed by atoms with van der Waals surface area (Å²) in [7, 11) is 0. The lowest BCUT2D eigenvalue weighted by Gasteiger charge is -2.33. The molecule has 1 atom stereocenters. The molecule has 2 aromatic carbocycles. The van der Waals surface area contributed by atoms with Crippen LogP contribution in [-0.4, -0.2) is 38.5 Å². The van der Waals surface area contributed by atoms with E-state index in [-0.39, 0.29) is 17.7 Å². The average Bonchev–Trinajstić information content (AvgIpc) is 3.23. The Balaban J connectivity index is 1.51. The number of nitrogens with one attached hydrogen (secondary N) is 1. The van der Waals surface area contributed by atoms with Gasteiger partial charge in [0.05, 0.1) is 23.4 Å². The molecular weight excluding hydrogens is 314 g/mol. The Labute approximate surface area is 144 Å². The van der Waals surface area contributed by atoms with Crippen molar-refractivity contribution in [3.63, 3.8) is 0 Å². The lowest BCUT2D eigenvalue weighted by Crippen LogP contribution is -2.42. The van der Waals surface area contributed by atoms with Gasteiger partial charge in [-0.2, -0.15) is 0 Å². The second-order valence-corrected chi connectivity index (χ2v) is 6.64. The highest BCUT2D eigenvalue weighted by molar-refractivity contribution is 5.99. The zero-order chi connectivity index (χ0) is 17.0. The van der Waals surface area contributed by atoms with Crippen LogP contribution in [0.4, 0.5) is 0 Å². The number of aromatic nitrogens is 2. The monoisotopic (exact) mass is 331 g/mol. The van der Waals surface area contributed by atoms with E-state index in [2.05, 4.69) is 16.0 Å². The number of phenolic OH excluding ortho intramolecular Hbond substituents is 1. The molecule has 1 aromatic heterocycles. The third-order valence-corrected chi connectivity index (χ3v) is 5.21. The number of H-pyrrole nitrogens is 1. The Morgan fingerprint density at radius 3 is 3.08 bits per heavy atom. The number of nitrogens with zero attached hydrogens (tertiary/aromatic N) is 2. The van der Waals surface area contributed by atoms with E-state index in [4.69, 9.17) is 0 Å². The normalized spacial score (nSPS) is 18.8. The van der Waals surface area contributed by atoms with Gasteiger partial charge in [0.1, 0.15) is 5.75 Å². The van der Waals surface area contributed by atoms with E-state index in [1.165, 1.54) is 5.57 Å². The van der Waals surface area contributed by atoms with Gasteiger partial charge in [0.2, 0.25) is 0 Å². The van der Waals surface area contributed by atoms with Crippen LogP contribution in [0.5, 0.6) is 5.75 Å². The predicted molar refractivity (Wildman–Crippen MR) is 95.3 cm³/mol. The zero-order valence-electron chi connectivity index (χ0n) is 13.6. The summed E-state index contributed by atoms with van der Waals surface area (Å²) in [6, 6.07) is 11.1. The summed E-state index contributed by atoms with van der Waals surface area (Å²) in [5.41, 5.74) is 5.89. The first-order valence-corrected chi connectivity index (χ1v) is 8.47. The first-order valence-electron chi connectivity index (χ1n) is 8.47. The van der Waals surface area contributed by atoms with Crippen molar-refractivity contribution < 1.29 is 9.90 Å². The van der Waals surface area contributed by atoms with Crippen molar-refractivity contribution in [3.8, 4) is 5.75 Å². The quantitative estimate of drug-likeness (QED) is 0.720. The Bertz CT molecular complexity index is 1030. The van der Waals surface area contributed by atoms with Crippen molar-refractivity contribution >= 4 is 22.5 Å². The highest BCUT2D eigenvalue weighted by atomic mass is 16.3. The summed E-state index contributed by atoms with van der Waals surface area (Å²) in [5.74, 6) is 0.324. The van der Waals surface area contributed by atoms with E-state index in [9.17, 15) is 9.90 Å². The lowest BCUT2D eigenvalue weighted by molar-refractivity contribution is 0.0718. The first-order chi connectivity index (χ1) is 12.2. The Morgan fingerprint density at radius 2 is 2.16 bits per heavy atom. The van der Waals surface area contributed by atoms with Crippen LogP contribution < -0.4 is 0 Å². The summed E-state index contributed by atoms with van der Waals surface area (Å²) in [6.07, 6.45) is 5.48. The number of fused-ring (bicyclic) bond motifs is 4. The van der Waals surface area contributed by atoms with Gasteiger partial charge in [-0.1, -0.05) is 12.1 Å². The van der Waals surface area contributed by atoms with E-state index < -0.39 is 0 Å². The first kappa shape index (κ1) is 14.3. The number of hydrogen-bond acceptors (Lipinski definition) is 3. The largest absolute Gasteiger partial charge is 0.508 e. The maximum absolute atomic E-state index is 13.1. The second kappa shape index (κ2) is 5.21. The summed E-state index contributed by atoms with van der Waals surface area (Å²) in [5, 5.41) is 9.75. The van der Waals surface area contributed by atoms with Crippen LogP contribution in [0.25, 0.3) is 16.6 Å². The number of aromatic amines is 1. The lowest BCUT2D eigenvalue weighted by atomic mass is 9.98. The van der Waals surface area contributed by atoms with Crippen molar-refractivity contribution in [2.24, 2.45) is 0 Å². The van der Waals surface area contributed by atoms with Gasteiger partial charge in [0, 0.05) is 12.1 Å². The number of benzene rings is 2. The molecule has 124 valence electrons. The third-order valence-electron chi connectivity index (χ3n) is 5.21. The van der Waals surface area contributed by atoms with E-state index in [1.54, 1.807) is 12.4 Å². The fourth-order valence-corrected chi connectivity index (χ4v) is 4.04. The fraction of sp³-hybridized carbons (Fsp3) is 0.200. The highest BCUT2D eigenvalue weighted by Gasteiger charge is 2.36. The van der Waals surface area contributed by atoms with Gasteiger partial charge in [0.25, 0.3) is 5.91 Å². The van der Waals surface area contributed by atoms with Crippen LogP contribution in [0, 0.1) is 0 Å².